The molecule has 0 radical (unpaired) electrons. The second-order valence-corrected chi connectivity index (χ2v) is 6.23. The van der Waals surface area contributed by atoms with Crippen molar-refractivity contribution in [1.29, 1.82) is 0 Å². The van der Waals surface area contributed by atoms with E-state index in [1.54, 1.807) is 0 Å². The number of nitrogens with two attached hydrogens (primary N) is 1. The summed E-state index contributed by atoms with van der Waals surface area (Å²) in [5, 5.41) is 0. The Kier molecular flexibility index (Phi) is 4.29. The summed E-state index contributed by atoms with van der Waals surface area (Å²) in [5.41, 5.74) is 10.1. The SMILES string of the molecule is Cc1cc(C)cc(C(CN)N2CCOCC2(C)C)c1. The third-order valence-electron chi connectivity index (χ3n) is 3.94. The molecule has 1 unspecified atom stereocenters. The van der Waals surface area contributed by atoms with E-state index < -0.39 is 0 Å². The molecular weight excluding hydrogens is 236 g/mol. The molecule has 19 heavy (non-hydrogen) atoms. The van der Waals surface area contributed by atoms with Crippen molar-refractivity contribution < 1.29 is 4.74 Å². The van der Waals surface area contributed by atoms with E-state index in [2.05, 4.69) is 50.8 Å². The van der Waals surface area contributed by atoms with Gasteiger partial charge in [0.15, 0.2) is 0 Å². The summed E-state index contributed by atoms with van der Waals surface area (Å²) in [4.78, 5) is 2.49. The van der Waals surface area contributed by atoms with Crippen LogP contribution in [0.15, 0.2) is 18.2 Å². The van der Waals surface area contributed by atoms with Crippen LogP contribution in [0.4, 0.5) is 0 Å². The van der Waals surface area contributed by atoms with Crippen LogP contribution in [0.2, 0.25) is 0 Å². The Hall–Kier alpha value is -0.900. The monoisotopic (exact) mass is 262 g/mol. The Morgan fingerprint density at radius 1 is 1.26 bits per heavy atom. The second kappa shape index (κ2) is 5.61. The highest BCUT2D eigenvalue weighted by atomic mass is 16.5. The van der Waals surface area contributed by atoms with Crippen LogP contribution < -0.4 is 5.73 Å². The molecule has 0 aromatic heterocycles. The molecule has 0 bridgehead atoms. The minimum atomic E-state index is 0.0416. The summed E-state index contributed by atoms with van der Waals surface area (Å²) < 4.78 is 5.61. The highest BCUT2D eigenvalue weighted by Gasteiger charge is 2.35. The van der Waals surface area contributed by atoms with Gasteiger partial charge in [-0.25, -0.2) is 0 Å². The number of hydrogen-bond acceptors (Lipinski definition) is 3. The average Bonchev–Trinajstić information content (AvgIpc) is 2.30. The van der Waals surface area contributed by atoms with E-state index in [0.717, 1.165) is 19.8 Å². The van der Waals surface area contributed by atoms with Crippen LogP contribution >= 0.6 is 0 Å². The molecule has 1 saturated heterocycles. The number of ether oxygens (including phenoxy) is 1. The Morgan fingerprint density at radius 3 is 2.42 bits per heavy atom. The van der Waals surface area contributed by atoms with Crippen molar-refractivity contribution >= 4 is 0 Å². The summed E-state index contributed by atoms with van der Waals surface area (Å²) >= 11 is 0. The molecule has 2 rings (SSSR count). The summed E-state index contributed by atoms with van der Waals surface area (Å²) in [6.45, 7) is 11.9. The van der Waals surface area contributed by atoms with Crippen LogP contribution in [0.3, 0.4) is 0 Å². The fraction of sp³-hybridized carbons (Fsp3) is 0.625. The molecule has 1 aliphatic heterocycles. The lowest BCUT2D eigenvalue weighted by atomic mass is 9.94. The first-order chi connectivity index (χ1) is 8.94. The second-order valence-electron chi connectivity index (χ2n) is 6.23. The maximum Gasteiger partial charge on any atom is 0.0645 e. The number of hydrogen-bond donors (Lipinski definition) is 1. The van der Waals surface area contributed by atoms with Gasteiger partial charge in [-0.15, -0.1) is 0 Å². The number of rotatable bonds is 3. The van der Waals surface area contributed by atoms with Crippen molar-refractivity contribution in [3.05, 3.63) is 34.9 Å². The van der Waals surface area contributed by atoms with E-state index >= 15 is 0 Å². The van der Waals surface area contributed by atoms with Crippen molar-refractivity contribution in [2.75, 3.05) is 26.3 Å². The molecule has 1 aromatic carbocycles. The highest BCUT2D eigenvalue weighted by molar-refractivity contribution is 5.31. The molecule has 0 spiro atoms. The fourth-order valence-corrected chi connectivity index (χ4v) is 3.09. The quantitative estimate of drug-likeness (QED) is 0.909. The van der Waals surface area contributed by atoms with Gasteiger partial charge in [-0.2, -0.15) is 0 Å². The predicted octanol–water partition coefficient (Wildman–Crippen LogP) is 2.41. The van der Waals surface area contributed by atoms with E-state index in [1.807, 2.05) is 0 Å². The van der Waals surface area contributed by atoms with Crippen molar-refractivity contribution in [3.8, 4) is 0 Å². The van der Waals surface area contributed by atoms with Crippen LogP contribution in [0, 0.1) is 13.8 Å². The van der Waals surface area contributed by atoms with Gasteiger partial charge in [0.05, 0.1) is 13.2 Å². The van der Waals surface area contributed by atoms with Gasteiger partial charge in [-0.3, -0.25) is 4.90 Å². The normalized spacial score (nSPS) is 21.3. The van der Waals surface area contributed by atoms with Crippen molar-refractivity contribution in [1.82, 2.24) is 4.90 Å². The van der Waals surface area contributed by atoms with E-state index in [4.69, 9.17) is 10.5 Å². The summed E-state index contributed by atoms with van der Waals surface area (Å²) in [5.74, 6) is 0. The minimum Gasteiger partial charge on any atom is -0.378 e. The lowest BCUT2D eigenvalue weighted by molar-refractivity contribution is -0.0712. The van der Waals surface area contributed by atoms with E-state index in [9.17, 15) is 0 Å². The molecule has 106 valence electrons. The molecule has 1 fully saturated rings. The Bertz CT molecular complexity index is 422. The summed E-state index contributed by atoms with van der Waals surface area (Å²) in [7, 11) is 0. The first kappa shape index (κ1) is 14.5. The molecule has 0 amide bonds. The number of benzene rings is 1. The van der Waals surface area contributed by atoms with Crippen LogP contribution in [-0.2, 0) is 4.74 Å². The lowest BCUT2D eigenvalue weighted by Crippen LogP contribution is -2.55. The zero-order valence-corrected chi connectivity index (χ0v) is 12.6. The predicted molar refractivity (Wildman–Crippen MR) is 79.3 cm³/mol. The van der Waals surface area contributed by atoms with Gasteiger partial charge >= 0.3 is 0 Å². The number of aryl methyl sites for hydroxylation is 2. The molecule has 1 atom stereocenters. The van der Waals surface area contributed by atoms with Gasteiger partial charge in [-0.1, -0.05) is 29.3 Å². The molecule has 1 heterocycles. The maximum atomic E-state index is 6.07. The molecule has 2 N–H and O–H groups in total. The van der Waals surface area contributed by atoms with E-state index in [-0.39, 0.29) is 11.6 Å². The van der Waals surface area contributed by atoms with Gasteiger partial charge < -0.3 is 10.5 Å². The van der Waals surface area contributed by atoms with E-state index in [1.165, 1.54) is 16.7 Å². The maximum absolute atomic E-state index is 6.07. The van der Waals surface area contributed by atoms with Crippen molar-refractivity contribution in [3.63, 3.8) is 0 Å². The Morgan fingerprint density at radius 2 is 1.89 bits per heavy atom. The van der Waals surface area contributed by atoms with Crippen LogP contribution in [0.25, 0.3) is 0 Å². The Balaban J connectivity index is 2.33. The Labute approximate surface area is 116 Å². The van der Waals surface area contributed by atoms with E-state index in [0.29, 0.717) is 6.54 Å². The zero-order chi connectivity index (χ0) is 14.0. The third kappa shape index (κ3) is 3.16. The molecule has 1 aromatic rings. The lowest BCUT2D eigenvalue weighted by Gasteiger charge is -2.46. The number of nitrogens with zero attached hydrogens (tertiary/aromatic N) is 1. The molecule has 0 aliphatic carbocycles. The summed E-state index contributed by atoms with van der Waals surface area (Å²) in [6, 6.07) is 7.01. The molecule has 3 nitrogen and oxygen atoms in total. The van der Waals surface area contributed by atoms with Crippen LogP contribution in [0.5, 0.6) is 0 Å². The molecule has 0 saturated carbocycles. The molecule has 1 aliphatic rings. The largest absolute Gasteiger partial charge is 0.378 e. The first-order valence-electron chi connectivity index (χ1n) is 7.07. The first-order valence-corrected chi connectivity index (χ1v) is 7.07. The van der Waals surface area contributed by atoms with Gasteiger partial charge in [0.1, 0.15) is 0 Å². The van der Waals surface area contributed by atoms with Crippen molar-refractivity contribution in [2.24, 2.45) is 5.73 Å². The third-order valence-corrected chi connectivity index (χ3v) is 3.94. The molecular formula is C16H26N2O. The minimum absolute atomic E-state index is 0.0416. The highest BCUT2D eigenvalue weighted by Crippen LogP contribution is 2.30. The fourth-order valence-electron chi connectivity index (χ4n) is 3.09. The average molecular weight is 262 g/mol. The summed E-state index contributed by atoms with van der Waals surface area (Å²) in [6.07, 6.45) is 0. The zero-order valence-electron chi connectivity index (χ0n) is 12.6. The van der Waals surface area contributed by atoms with Crippen molar-refractivity contribution in [2.45, 2.75) is 39.3 Å². The van der Waals surface area contributed by atoms with Crippen LogP contribution in [0.1, 0.15) is 36.6 Å². The van der Waals surface area contributed by atoms with Gasteiger partial charge in [0, 0.05) is 24.7 Å². The smallest absolute Gasteiger partial charge is 0.0645 e. The van der Waals surface area contributed by atoms with Crippen LogP contribution in [-0.4, -0.2) is 36.7 Å². The molecule has 3 heteroatoms. The number of morpholine rings is 1. The topological polar surface area (TPSA) is 38.5 Å². The van der Waals surface area contributed by atoms with Gasteiger partial charge in [0.25, 0.3) is 0 Å². The van der Waals surface area contributed by atoms with Gasteiger partial charge in [-0.05, 0) is 33.3 Å². The standard InChI is InChI=1S/C16H26N2O/c1-12-7-13(2)9-14(8-12)15(10-17)18-5-6-19-11-16(18,3)4/h7-9,15H,5-6,10-11,17H2,1-4H3. The van der Waals surface area contributed by atoms with Gasteiger partial charge in [0.2, 0.25) is 0 Å².